The molecule has 0 aromatic heterocycles. The first-order chi connectivity index (χ1) is 24.5. The smallest absolute Gasteiger partial charge is 0.309 e. The fraction of sp³-hybridized carbons (Fsp3) is 0.553. The first-order valence-corrected chi connectivity index (χ1v) is 19.7. The molecule has 3 aliphatic heterocycles. The molecule has 0 bridgehead atoms. The number of nitrogens with zero attached hydrogens (tertiary/aromatic N) is 1. The van der Waals surface area contributed by atoms with E-state index in [0.717, 1.165) is 11.1 Å². The number of carbonyl (C=O) groups is 3. The number of hydrogen-bond acceptors (Lipinski definition) is 12. The molecule has 12 nitrogen and oxygen atoms in total. The lowest BCUT2D eigenvalue weighted by atomic mass is 9.68. The van der Waals surface area contributed by atoms with Gasteiger partial charge in [0.05, 0.1) is 30.9 Å². The van der Waals surface area contributed by atoms with Crippen molar-refractivity contribution in [2.24, 2.45) is 29.4 Å². The summed E-state index contributed by atoms with van der Waals surface area (Å²) in [4.78, 5) is 42.1. The molecule has 1 aliphatic carbocycles. The van der Waals surface area contributed by atoms with E-state index in [0.29, 0.717) is 43.7 Å². The Kier molecular flexibility index (Phi) is 11.9. The summed E-state index contributed by atoms with van der Waals surface area (Å²) in [6.07, 6.45) is 3.68. The zero-order valence-electron chi connectivity index (χ0n) is 29.5. The summed E-state index contributed by atoms with van der Waals surface area (Å²) in [6, 6.07) is 14.7. The summed E-state index contributed by atoms with van der Waals surface area (Å²) < 4.78 is 48.3. The lowest BCUT2D eigenvalue weighted by Gasteiger charge is -2.41. The van der Waals surface area contributed by atoms with Gasteiger partial charge in [-0.1, -0.05) is 49.4 Å². The number of ether oxygens (including phenoxy) is 5. The molecular formula is C38H49N2O10P. The van der Waals surface area contributed by atoms with E-state index in [1.165, 1.54) is 0 Å². The Bertz CT molecular complexity index is 1640. The Balaban J connectivity index is 1.20. The van der Waals surface area contributed by atoms with E-state index in [4.69, 9.17) is 33.9 Å². The Morgan fingerprint density at radius 1 is 0.961 bits per heavy atom. The second kappa shape index (κ2) is 16.3. The van der Waals surface area contributed by atoms with E-state index in [-0.39, 0.29) is 68.3 Å². The minimum absolute atomic E-state index is 0.0387. The van der Waals surface area contributed by atoms with Crippen molar-refractivity contribution in [3.8, 4) is 16.9 Å². The number of para-hydroxylation sites is 1. The SMILES string of the molecule is CC(N)CN(C)C=CC1C(OC(=O)CCP2(=O)Oc3ccccc3-c3ccccc32)CC(C(C)CC(=O)OCC2CO2)CC1C(=O)OCC1CO1. The first kappa shape index (κ1) is 37.1. The summed E-state index contributed by atoms with van der Waals surface area (Å²) in [6.45, 7) is 5.94. The fourth-order valence-corrected chi connectivity index (χ4v) is 9.31. The van der Waals surface area contributed by atoms with Crippen LogP contribution >= 0.6 is 7.37 Å². The number of rotatable bonds is 16. The highest BCUT2D eigenvalue weighted by atomic mass is 31.2. The fourth-order valence-electron chi connectivity index (χ4n) is 7.05. The lowest BCUT2D eigenvalue weighted by Crippen LogP contribution is -2.44. The highest BCUT2D eigenvalue weighted by Gasteiger charge is 2.46. The van der Waals surface area contributed by atoms with Crippen molar-refractivity contribution >= 4 is 30.6 Å². The van der Waals surface area contributed by atoms with Crippen LogP contribution in [0.25, 0.3) is 11.1 Å². The maximum atomic E-state index is 14.4. The van der Waals surface area contributed by atoms with E-state index < -0.39 is 37.2 Å². The van der Waals surface area contributed by atoms with Gasteiger partial charge in [-0.05, 0) is 55.5 Å². The molecule has 0 amide bonds. The van der Waals surface area contributed by atoms with Gasteiger partial charge >= 0.3 is 17.9 Å². The van der Waals surface area contributed by atoms with Gasteiger partial charge in [0.15, 0.2) is 0 Å². The second-order valence-corrected chi connectivity index (χ2v) is 16.8. The zero-order chi connectivity index (χ0) is 36.1. The molecule has 1 saturated carbocycles. The molecule has 3 heterocycles. The van der Waals surface area contributed by atoms with Crippen LogP contribution in [0, 0.1) is 23.7 Å². The maximum Gasteiger partial charge on any atom is 0.309 e. The first-order valence-electron chi connectivity index (χ1n) is 17.9. The van der Waals surface area contributed by atoms with Gasteiger partial charge in [0, 0.05) is 43.7 Å². The van der Waals surface area contributed by atoms with Crippen LogP contribution in [0.1, 0.15) is 39.5 Å². The third-order valence-corrected chi connectivity index (χ3v) is 12.4. The average molecular weight is 725 g/mol. The van der Waals surface area contributed by atoms with Crippen LogP contribution in [0.2, 0.25) is 0 Å². The van der Waals surface area contributed by atoms with Crippen molar-refractivity contribution in [2.45, 2.75) is 63.9 Å². The van der Waals surface area contributed by atoms with Crippen molar-refractivity contribution in [1.82, 2.24) is 4.90 Å². The van der Waals surface area contributed by atoms with Gasteiger partial charge < -0.3 is 38.8 Å². The number of esters is 3. The van der Waals surface area contributed by atoms with E-state index in [1.54, 1.807) is 12.1 Å². The van der Waals surface area contributed by atoms with Crippen molar-refractivity contribution in [2.75, 3.05) is 46.2 Å². The molecule has 9 atom stereocenters. The van der Waals surface area contributed by atoms with Crippen molar-refractivity contribution in [3.05, 3.63) is 60.8 Å². The predicted octanol–water partition coefficient (Wildman–Crippen LogP) is 4.30. The summed E-state index contributed by atoms with van der Waals surface area (Å²) in [5, 5.41) is 0.573. The number of benzene rings is 2. The molecule has 276 valence electrons. The molecule has 0 spiro atoms. The van der Waals surface area contributed by atoms with Crippen molar-refractivity contribution in [1.29, 1.82) is 0 Å². The zero-order valence-corrected chi connectivity index (χ0v) is 30.4. The molecule has 4 aliphatic rings. The second-order valence-electron chi connectivity index (χ2n) is 14.4. The number of carbonyl (C=O) groups excluding carboxylic acids is 3. The third kappa shape index (κ3) is 9.80. The van der Waals surface area contributed by atoms with Crippen LogP contribution < -0.4 is 15.6 Å². The van der Waals surface area contributed by atoms with Crippen LogP contribution in [-0.2, 0) is 42.6 Å². The summed E-state index contributed by atoms with van der Waals surface area (Å²) in [7, 11) is -1.58. The van der Waals surface area contributed by atoms with Gasteiger partial charge in [0.2, 0.25) is 0 Å². The molecule has 2 aromatic rings. The standard InChI is InChI=1S/C38H49N2O10P/c1-24(16-37(42)47-22-27-20-45-27)26-17-32(38(43)48-23-28-21-46-28)30(12-14-40(3)19-25(2)39)34(18-26)49-36(41)13-15-51(44)35-11-7-5-9-31(35)29-8-4-6-10-33(29)50-51/h4-12,14,24-28,30,32,34H,13,15-23,39H2,1-3H3. The highest BCUT2D eigenvalue weighted by molar-refractivity contribution is 7.67. The summed E-state index contributed by atoms with van der Waals surface area (Å²) in [5.41, 5.74) is 7.70. The van der Waals surface area contributed by atoms with Crippen molar-refractivity contribution in [3.63, 3.8) is 0 Å². The number of likely N-dealkylation sites (N-methyl/N-ethyl adjacent to an activating group) is 1. The van der Waals surface area contributed by atoms with E-state index in [2.05, 4.69) is 0 Å². The molecule has 3 fully saturated rings. The van der Waals surface area contributed by atoms with Gasteiger partial charge in [-0.2, -0.15) is 0 Å². The van der Waals surface area contributed by atoms with Gasteiger partial charge in [0.25, 0.3) is 7.37 Å². The molecular weight excluding hydrogens is 675 g/mol. The van der Waals surface area contributed by atoms with Gasteiger partial charge in [0.1, 0.15) is 37.3 Å². The predicted molar refractivity (Wildman–Crippen MR) is 189 cm³/mol. The number of fused-ring (bicyclic) bond motifs is 3. The topological polar surface area (TPSA) is 160 Å². The summed E-state index contributed by atoms with van der Waals surface area (Å²) >= 11 is 0. The van der Waals surface area contributed by atoms with Gasteiger partial charge in [-0.25, -0.2) is 0 Å². The van der Waals surface area contributed by atoms with Crippen LogP contribution in [0.4, 0.5) is 0 Å². The quantitative estimate of drug-likeness (QED) is 0.113. The molecule has 13 heteroatoms. The number of epoxide rings is 2. The van der Waals surface area contributed by atoms with Crippen LogP contribution in [0.5, 0.6) is 5.75 Å². The highest BCUT2D eigenvalue weighted by Crippen LogP contribution is 2.55. The Morgan fingerprint density at radius 3 is 2.33 bits per heavy atom. The van der Waals surface area contributed by atoms with E-state index in [1.807, 2.05) is 74.5 Å². The average Bonchev–Trinajstić information content (AvgIpc) is 4.04. The minimum atomic E-state index is -3.47. The van der Waals surface area contributed by atoms with Gasteiger partial charge in [-0.15, -0.1) is 0 Å². The monoisotopic (exact) mass is 724 g/mol. The maximum absolute atomic E-state index is 14.4. The van der Waals surface area contributed by atoms with Gasteiger partial charge in [-0.3, -0.25) is 18.9 Å². The lowest BCUT2D eigenvalue weighted by molar-refractivity contribution is -0.165. The Morgan fingerprint density at radius 2 is 1.63 bits per heavy atom. The molecule has 6 rings (SSSR count). The van der Waals surface area contributed by atoms with E-state index in [9.17, 15) is 18.9 Å². The Hall–Kier alpha value is -3.70. The van der Waals surface area contributed by atoms with Crippen LogP contribution in [0.15, 0.2) is 60.8 Å². The summed E-state index contributed by atoms with van der Waals surface area (Å²) in [5.74, 6) is -2.28. The number of nitrogens with two attached hydrogens (primary N) is 1. The van der Waals surface area contributed by atoms with E-state index >= 15 is 0 Å². The van der Waals surface area contributed by atoms with Crippen molar-refractivity contribution < 1.29 is 47.2 Å². The van der Waals surface area contributed by atoms with Crippen LogP contribution in [-0.4, -0.2) is 93.3 Å². The third-order valence-electron chi connectivity index (χ3n) is 9.95. The number of hydrogen-bond donors (Lipinski definition) is 1. The molecule has 2 N–H and O–H groups in total. The molecule has 51 heavy (non-hydrogen) atoms. The molecule has 2 saturated heterocycles. The normalized spacial score (nSPS) is 28.7. The molecule has 2 aromatic carbocycles. The molecule has 9 unspecified atom stereocenters. The van der Waals surface area contributed by atoms with Crippen LogP contribution in [0.3, 0.4) is 0 Å². The largest absolute Gasteiger partial charge is 0.463 e. The molecule has 0 radical (unpaired) electrons. The minimum Gasteiger partial charge on any atom is -0.463 e. The Labute approximate surface area is 299 Å².